The Morgan fingerprint density at radius 3 is 2.35 bits per heavy atom. The Balaban J connectivity index is 0.000000202. The third-order valence-corrected chi connectivity index (χ3v) is 2.92. The molecule has 0 radical (unpaired) electrons. The summed E-state index contributed by atoms with van der Waals surface area (Å²) in [6.07, 6.45) is 4.19. The predicted octanol–water partition coefficient (Wildman–Crippen LogP) is 2.32. The smallest absolute Gasteiger partial charge is 0.248 e. The average molecular weight is 259 g/mol. The number of hydrogen-bond donors (Lipinski definition) is 2. The molecule has 94 valence electrons. The number of primary amides is 1. The van der Waals surface area contributed by atoms with Crippen LogP contribution in [0.25, 0.3) is 0 Å². The Bertz CT molecular complexity index is 371. The van der Waals surface area contributed by atoms with Gasteiger partial charge in [-0.2, -0.15) is 0 Å². The summed E-state index contributed by atoms with van der Waals surface area (Å²) in [5.74, 6) is -0.359. The van der Waals surface area contributed by atoms with E-state index in [0.717, 1.165) is 24.6 Å². The van der Waals surface area contributed by atoms with Crippen LogP contribution < -0.4 is 11.5 Å². The first-order valence-corrected chi connectivity index (χ1v) is 5.86. The third-order valence-electron chi connectivity index (χ3n) is 2.71. The number of amides is 1. The minimum Gasteiger partial charge on any atom is -0.366 e. The molecule has 1 amide bonds. The van der Waals surface area contributed by atoms with Crippen LogP contribution in [0, 0.1) is 11.7 Å². The van der Waals surface area contributed by atoms with Gasteiger partial charge in [0.1, 0.15) is 5.82 Å². The van der Waals surface area contributed by atoms with Gasteiger partial charge in [-0.05, 0) is 43.5 Å². The summed E-state index contributed by atoms with van der Waals surface area (Å²) in [5.41, 5.74) is 10.3. The van der Waals surface area contributed by atoms with Gasteiger partial charge in [0.05, 0.1) is 0 Å². The molecule has 4 N–H and O–H groups in total. The maximum absolute atomic E-state index is 12.5. The highest BCUT2D eigenvalue weighted by molar-refractivity contribution is 6.30. The number of nitrogens with two attached hydrogens (primary N) is 2. The molecule has 1 aliphatic rings. The second kappa shape index (κ2) is 6.57. The lowest BCUT2D eigenvalue weighted by Crippen LogP contribution is -2.20. The largest absolute Gasteiger partial charge is 0.366 e. The van der Waals surface area contributed by atoms with Crippen LogP contribution in [0.1, 0.15) is 29.6 Å². The maximum Gasteiger partial charge on any atom is 0.248 e. The number of rotatable bonds is 2. The summed E-state index contributed by atoms with van der Waals surface area (Å²) in [5, 5.41) is 0.166. The van der Waals surface area contributed by atoms with E-state index in [9.17, 15) is 9.18 Å². The quantitative estimate of drug-likeness (QED) is 0.855. The van der Waals surface area contributed by atoms with Gasteiger partial charge in [0.25, 0.3) is 0 Å². The van der Waals surface area contributed by atoms with Crippen LogP contribution in [0.5, 0.6) is 0 Å². The summed E-state index contributed by atoms with van der Waals surface area (Å²) < 4.78 is 12.5. The zero-order valence-corrected chi connectivity index (χ0v) is 10.2. The molecular weight excluding hydrogens is 243 g/mol. The number of halogens is 2. The van der Waals surface area contributed by atoms with Crippen LogP contribution in [-0.4, -0.2) is 12.5 Å². The lowest BCUT2D eigenvalue weighted by Gasteiger charge is -2.22. The zero-order valence-electron chi connectivity index (χ0n) is 9.46. The summed E-state index contributed by atoms with van der Waals surface area (Å²) in [6.45, 7) is 0.917. The Labute approximate surface area is 105 Å². The van der Waals surface area contributed by atoms with E-state index < -0.39 is 11.7 Å². The average Bonchev–Trinajstić information content (AvgIpc) is 2.15. The molecule has 1 aromatic carbocycles. The normalized spacial score (nSPS) is 14.5. The van der Waals surface area contributed by atoms with Gasteiger partial charge in [-0.25, -0.2) is 4.39 Å². The molecule has 0 heterocycles. The van der Waals surface area contributed by atoms with Crippen LogP contribution in [0.4, 0.5) is 4.39 Å². The van der Waals surface area contributed by atoms with Gasteiger partial charge in [-0.3, -0.25) is 4.79 Å². The van der Waals surface area contributed by atoms with Crippen molar-refractivity contribution in [3.8, 4) is 0 Å². The Morgan fingerprint density at radius 1 is 1.41 bits per heavy atom. The molecule has 17 heavy (non-hydrogen) atoms. The van der Waals surface area contributed by atoms with Crippen molar-refractivity contribution in [3.63, 3.8) is 0 Å². The molecule has 2 rings (SSSR count). The first-order chi connectivity index (χ1) is 8.02. The SMILES string of the molecule is NC(=O)c1cc(F)cc(Cl)c1.NCC1CCC1. The van der Waals surface area contributed by atoms with Gasteiger partial charge in [0.15, 0.2) is 0 Å². The Hall–Kier alpha value is -1.13. The lowest BCUT2D eigenvalue weighted by atomic mass is 9.86. The fourth-order valence-corrected chi connectivity index (χ4v) is 1.65. The van der Waals surface area contributed by atoms with Crippen LogP contribution in [0.3, 0.4) is 0 Å². The molecule has 5 heteroatoms. The fourth-order valence-electron chi connectivity index (χ4n) is 1.42. The van der Waals surface area contributed by atoms with E-state index in [-0.39, 0.29) is 10.6 Å². The Kier molecular flexibility index (Phi) is 5.38. The van der Waals surface area contributed by atoms with Gasteiger partial charge in [-0.15, -0.1) is 0 Å². The van der Waals surface area contributed by atoms with Crippen molar-refractivity contribution in [3.05, 3.63) is 34.6 Å². The van der Waals surface area contributed by atoms with Crippen LogP contribution in [-0.2, 0) is 0 Å². The second-order valence-electron chi connectivity index (χ2n) is 4.06. The van der Waals surface area contributed by atoms with Crippen LogP contribution >= 0.6 is 11.6 Å². The van der Waals surface area contributed by atoms with Crippen molar-refractivity contribution in [1.82, 2.24) is 0 Å². The number of benzene rings is 1. The highest BCUT2D eigenvalue weighted by Gasteiger charge is 2.13. The zero-order chi connectivity index (χ0) is 12.8. The van der Waals surface area contributed by atoms with Gasteiger partial charge >= 0.3 is 0 Å². The molecule has 0 atom stereocenters. The summed E-state index contributed by atoms with van der Waals surface area (Å²) >= 11 is 5.45. The van der Waals surface area contributed by atoms with Crippen molar-refractivity contribution in [2.24, 2.45) is 17.4 Å². The van der Waals surface area contributed by atoms with E-state index in [1.165, 1.54) is 25.3 Å². The summed E-state index contributed by atoms with van der Waals surface area (Å²) in [6, 6.07) is 3.45. The molecular formula is C12H16ClFN2O. The summed E-state index contributed by atoms with van der Waals surface area (Å²) in [4.78, 5) is 10.5. The topological polar surface area (TPSA) is 69.1 Å². The van der Waals surface area contributed by atoms with Gasteiger partial charge in [-0.1, -0.05) is 18.0 Å². The maximum atomic E-state index is 12.5. The van der Waals surface area contributed by atoms with E-state index in [2.05, 4.69) is 0 Å². The monoisotopic (exact) mass is 258 g/mol. The van der Waals surface area contributed by atoms with Gasteiger partial charge in [0.2, 0.25) is 5.91 Å². The molecule has 1 fully saturated rings. The van der Waals surface area contributed by atoms with E-state index in [1.54, 1.807) is 0 Å². The van der Waals surface area contributed by atoms with Crippen molar-refractivity contribution in [2.45, 2.75) is 19.3 Å². The second-order valence-corrected chi connectivity index (χ2v) is 4.49. The summed E-state index contributed by atoms with van der Waals surface area (Å²) in [7, 11) is 0. The minimum atomic E-state index is -0.689. The van der Waals surface area contributed by atoms with Crippen molar-refractivity contribution < 1.29 is 9.18 Å². The van der Waals surface area contributed by atoms with Gasteiger partial charge < -0.3 is 11.5 Å². The highest BCUT2D eigenvalue weighted by atomic mass is 35.5. The van der Waals surface area contributed by atoms with E-state index >= 15 is 0 Å². The van der Waals surface area contributed by atoms with E-state index in [0.29, 0.717) is 0 Å². The molecule has 0 unspecified atom stereocenters. The van der Waals surface area contributed by atoms with Crippen molar-refractivity contribution >= 4 is 17.5 Å². The third kappa shape index (κ3) is 4.71. The van der Waals surface area contributed by atoms with E-state index in [1.807, 2.05) is 0 Å². The molecule has 1 saturated carbocycles. The minimum absolute atomic E-state index is 0.0787. The van der Waals surface area contributed by atoms with Crippen LogP contribution in [0.15, 0.2) is 18.2 Å². The molecule has 0 saturated heterocycles. The number of hydrogen-bond acceptors (Lipinski definition) is 2. The molecule has 1 aromatic rings. The van der Waals surface area contributed by atoms with Crippen LogP contribution in [0.2, 0.25) is 5.02 Å². The molecule has 0 spiro atoms. The fraction of sp³-hybridized carbons (Fsp3) is 0.417. The first kappa shape index (κ1) is 13.9. The van der Waals surface area contributed by atoms with Crippen molar-refractivity contribution in [1.29, 1.82) is 0 Å². The molecule has 0 aliphatic heterocycles. The molecule has 3 nitrogen and oxygen atoms in total. The highest BCUT2D eigenvalue weighted by Crippen LogP contribution is 2.24. The molecule has 1 aliphatic carbocycles. The van der Waals surface area contributed by atoms with Crippen molar-refractivity contribution in [2.75, 3.05) is 6.54 Å². The number of carbonyl (C=O) groups is 1. The standard InChI is InChI=1S/C7H5ClFNO.C5H11N/c8-5-1-4(7(10)11)2-6(9)3-5;6-4-5-2-1-3-5/h1-3H,(H2,10,11);5H,1-4,6H2. The van der Waals surface area contributed by atoms with Gasteiger partial charge in [0, 0.05) is 10.6 Å². The molecule has 0 aromatic heterocycles. The lowest BCUT2D eigenvalue weighted by molar-refractivity contribution is 0.1000. The van der Waals surface area contributed by atoms with E-state index in [4.69, 9.17) is 23.1 Å². The number of carbonyl (C=O) groups excluding carboxylic acids is 1. The Morgan fingerprint density at radius 2 is 2.06 bits per heavy atom. The molecule has 0 bridgehead atoms. The predicted molar refractivity (Wildman–Crippen MR) is 66.3 cm³/mol. The first-order valence-electron chi connectivity index (χ1n) is 5.49.